The second-order valence-corrected chi connectivity index (χ2v) is 9.25. The van der Waals surface area contributed by atoms with Crippen LogP contribution in [0, 0.1) is 11.3 Å². The number of carbonyl (C=O) groups is 2. The molecule has 2 aromatic rings. The van der Waals surface area contributed by atoms with Crippen molar-refractivity contribution in [2.45, 2.75) is 32.2 Å². The van der Waals surface area contributed by atoms with Gasteiger partial charge in [-0.3, -0.25) is 9.59 Å². The Kier molecular flexibility index (Phi) is 9.62. The maximum absolute atomic E-state index is 13.4. The lowest BCUT2D eigenvalue weighted by Crippen LogP contribution is -2.28. The summed E-state index contributed by atoms with van der Waals surface area (Å²) in [6, 6.07) is 11.1. The lowest BCUT2D eigenvalue weighted by atomic mass is 10.1. The van der Waals surface area contributed by atoms with E-state index in [-0.39, 0.29) is 18.4 Å². The van der Waals surface area contributed by atoms with Crippen molar-refractivity contribution in [3.05, 3.63) is 51.2 Å². The minimum atomic E-state index is -0.234. The molecule has 1 saturated heterocycles. The van der Waals surface area contributed by atoms with Crippen LogP contribution in [0.4, 0.5) is 5.69 Å². The van der Waals surface area contributed by atoms with Crippen LogP contribution in [0.15, 0.2) is 35.3 Å². The number of benzene rings is 1. The second kappa shape index (κ2) is 12.9. The monoisotopic (exact) mass is 481 g/mol. The minimum Gasteiger partial charge on any atom is -0.385 e. The van der Waals surface area contributed by atoms with Gasteiger partial charge in [-0.2, -0.15) is 5.26 Å². The summed E-state index contributed by atoms with van der Waals surface area (Å²) in [6.07, 6.45) is 5.95. The Morgan fingerprint density at radius 1 is 1.29 bits per heavy atom. The number of rotatable bonds is 10. The number of hydrogen-bond acceptors (Lipinski definition) is 6. The molecule has 3 rings (SSSR count). The molecule has 180 valence electrons. The van der Waals surface area contributed by atoms with E-state index in [0.717, 1.165) is 42.8 Å². The van der Waals surface area contributed by atoms with Gasteiger partial charge < -0.3 is 19.9 Å². The molecule has 2 amide bonds. The first kappa shape index (κ1) is 25.4. The summed E-state index contributed by atoms with van der Waals surface area (Å²) in [5.41, 5.74) is 1.79. The van der Waals surface area contributed by atoms with Gasteiger partial charge in [0.05, 0.1) is 28.5 Å². The molecule has 1 fully saturated rings. The Hall–Kier alpha value is -3.22. The Bertz CT molecular complexity index is 1050. The maximum atomic E-state index is 13.4. The Labute approximate surface area is 204 Å². The molecule has 0 spiro atoms. The number of methoxy groups -OCH3 is 1. The van der Waals surface area contributed by atoms with E-state index >= 15 is 0 Å². The van der Waals surface area contributed by atoms with Crippen molar-refractivity contribution in [1.82, 2.24) is 15.1 Å². The highest BCUT2D eigenvalue weighted by Gasteiger charge is 2.23. The largest absolute Gasteiger partial charge is 0.385 e. The van der Waals surface area contributed by atoms with Gasteiger partial charge in [-0.25, -0.2) is 4.99 Å². The van der Waals surface area contributed by atoms with Gasteiger partial charge in [0, 0.05) is 46.9 Å². The lowest BCUT2D eigenvalue weighted by molar-refractivity contribution is 0.0790. The molecule has 0 bridgehead atoms. The number of aliphatic imine (C=N–C) groups is 1. The van der Waals surface area contributed by atoms with Crippen LogP contribution < -0.4 is 5.32 Å². The zero-order valence-electron chi connectivity index (χ0n) is 19.7. The standard InChI is InChI=1S/C25H31N5O3S/c1-29(17-20-10-5-4-9-19(20)16-26)25(32)23-21(28-18-30-12-6-3-7-13-30)15-22(34-23)24(31)27-11-8-14-33-2/h4-5,9-10,15,18H,3,6-8,11-14,17H2,1-2H3,(H,27,31). The van der Waals surface area contributed by atoms with Gasteiger partial charge in [0.1, 0.15) is 4.88 Å². The molecule has 0 unspecified atom stereocenters. The molecular formula is C25H31N5O3S. The summed E-state index contributed by atoms with van der Waals surface area (Å²) in [7, 11) is 3.32. The molecule has 0 atom stereocenters. The van der Waals surface area contributed by atoms with Crippen molar-refractivity contribution >= 4 is 35.2 Å². The number of amides is 2. The van der Waals surface area contributed by atoms with Crippen LogP contribution in [0.5, 0.6) is 0 Å². The summed E-state index contributed by atoms with van der Waals surface area (Å²) < 4.78 is 5.02. The zero-order chi connectivity index (χ0) is 24.3. The van der Waals surface area contributed by atoms with Gasteiger partial charge >= 0.3 is 0 Å². The van der Waals surface area contributed by atoms with Crippen molar-refractivity contribution < 1.29 is 14.3 Å². The van der Waals surface area contributed by atoms with E-state index in [2.05, 4.69) is 21.3 Å². The molecule has 1 aliphatic heterocycles. The third-order valence-corrected chi connectivity index (χ3v) is 6.70. The Morgan fingerprint density at radius 2 is 2.06 bits per heavy atom. The molecule has 2 heterocycles. The normalized spacial score (nSPS) is 13.6. The van der Waals surface area contributed by atoms with Gasteiger partial charge in [0.25, 0.3) is 11.8 Å². The van der Waals surface area contributed by atoms with E-state index in [0.29, 0.717) is 40.6 Å². The number of carbonyl (C=O) groups excluding carboxylic acids is 2. The van der Waals surface area contributed by atoms with Crippen molar-refractivity contribution in [2.24, 2.45) is 4.99 Å². The fraction of sp³-hybridized carbons (Fsp3) is 0.440. The van der Waals surface area contributed by atoms with Crippen molar-refractivity contribution in [3.8, 4) is 6.07 Å². The van der Waals surface area contributed by atoms with Crippen LogP contribution in [-0.2, 0) is 11.3 Å². The average molecular weight is 482 g/mol. The molecule has 0 saturated carbocycles. The van der Waals surface area contributed by atoms with Crippen LogP contribution in [0.2, 0.25) is 0 Å². The van der Waals surface area contributed by atoms with Crippen molar-refractivity contribution in [3.63, 3.8) is 0 Å². The number of ether oxygens (including phenoxy) is 1. The summed E-state index contributed by atoms with van der Waals surface area (Å²) in [6.45, 7) is 3.22. The van der Waals surface area contributed by atoms with Crippen LogP contribution in [0.25, 0.3) is 0 Å². The summed E-state index contributed by atoms with van der Waals surface area (Å²) in [5.74, 6) is -0.464. The van der Waals surface area contributed by atoms with Gasteiger partial charge in [0.2, 0.25) is 0 Å². The van der Waals surface area contributed by atoms with E-state index in [1.807, 2.05) is 12.1 Å². The Balaban J connectivity index is 1.81. The van der Waals surface area contributed by atoms with Gasteiger partial charge in [-0.05, 0) is 43.4 Å². The molecule has 8 nitrogen and oxygen atoms in total. The summed E-state index contributed by atoms with van der Waals surface area (Å²) in [4.78, 5) is 35.2. The van der Waals surface area contributed by atoms with E-state index in [1.165, 1.54) is 6.42 Å². The summed E-state index contributed by atoms with van der Waals surface area (Å²) >= 11 is 1.14. The lowest BCUT2D eigenvalue weighted by Gasteiger charge is -2.23. The third-order valence-electron chi connectivity index (χ3n) is 5.58. The average Bonchev–Trinajstić information content (AvgIpc) is 3.30. The fourth-order valence-corrected chi connectivity index (χ4v) is 4.71. The quantitative estimate of drug-likeness (QED) is 0.316. The predicted molar refractivity (Wildman–Crippen MR) is 134 cm³/mol. The van der Waals surface area contributed by atoms with Crippen LogP contribution in [0.1, 0.15) is 56.2 Å². The molecule has 0 aliphatic carbocycles. The second-order valence-electron chi connectivity index (χ2n) is 8.20. The molecule has 1 N–H and O–H groups in total. The van der Waals surface area contributed by atoms with Gasteiger partial charge in [0.15, 0.2) is 0 Å². The van der Waals surface area contributed by atoms with Crippen LogP contribution in [0.3, 0.4) is 0 Å². The van der Waals surface area contributed by atoms with E-state index in [9.17, 15) is 14.9 Å². The number of hydrogen-bond donors (Lipinski definition) is 1. The van der Waals surface area contributed by atoms with Crippen LogP contribution in [-0.4, -0.2) is 68.4 Å². The molecule has 1 aromatic carbocycles. The molecule has 34 heavy (non-hydrogen) atoms. The molecule has 1 aromatic heterocycles. The molecule has 0 radical (unpaired) electrons. The number of nitrogens with zero attached hydrogens (tertiary/aromatic N) is 4. The number of piperidine rings is 1. The van der Waals surface area contributed by atoms with Crippen molar-refractivity contribution in [2.75, 3.05) is 40.4 Å². The van der Waals surface area contributed by atoms with E-state index in [1.54, 1.807) is 43.6 Å². The molecular weight excluding hydrogens is 450 g/mol. The number of nitriles is 1. The topological polar surface area (TPSA) is 98.0 Å². The SMILES string of the molecule is COCCCNC(=O)c1cc(N=CN2CCCCC2)c(C(=O)N(C)Cc2ccccc2C#N)s1. The first-order valence-corrected chi connectivity index (χ1v) is 12.3. The maximum Gasteiger partial charge on any atom is 0.266 e. The molecule has 1 aliphatic rings. The number of thiophene rings is 1. The minimum absolute atomic E-state index is 0.230. The smallest absolute Gasteiger partial charge is 0.266 e. The zero-order valence-corrected chi connectivity index (χ0v) is 20.6. The summed E-state index contributed by atoms with van der Waals surface area (Å²) in [5, 5.41) is 12.2. The Morgan fingerprint density at radius 3 is 2.79 bits per heavy atom. The highest BCUT2D eigenvalue weighted by atomic mass is 32.1. The number of nitrogens with one attached hydrogen (secondary N) is 1. The first-order chi connectivity index (χ1) is 16.5. The van der Waals surface area contributed by atoms with Crippen molar-refractivity contribution in [1.29, 1.82) is 5.26 Å². The van der Waals surface area contributed by atoms with E-state index in [4.69, 9.17) is 4.74 Å². The molecule has 9 heteroatoms. The predicted octanol–water partition coefficient (Wildman–Crippen LogP) is 3.80. The highest BCUT2D eigenvalue weighted by molar-refractivity contribution is 7.16. The third kappa shape index (κ3) is 6.89. The van der Waals surface area contributed by atoms with E-state index < -0.39 is 0 Å². The number of likely N-dealkylation sites (tertiary alicyclic amines) is 1. The first-order valence-electron chi connectivity index (χ1n) is 11.5. The van der Waals surface area contributed by atoms with Gasteiger partial charge in [-0.15, -0.1) is 11.3 Å². The van der Waals surface area contributed by atoms with Crippen LogP contribution >= 0.6 is 11.3 Å². The van der Waals surface area contributed by atoms with Gasteiger partial charge in [-0.1, -0.05) is 18.2 Å². The fourth-order valence-electron chi connectivity index (χ4n) is 3.69. The highest BCUT2D eigenvalue weighted by Crippen LogP contribution is 2.31.